The van der Waals surface area contributed by atoms with Gasteiger partial charge in [-0.05, 0) is 40.8 Å². The zero-order valence-corrected chi connectivity index (χ0v) is 10.8. The molecule has 0 aliphatic carbocycles. The van der Waals surface area contributed by atoms with E-state index in [1.807, 2.05) is 22.6 Å². The van der Waals surface area contributed by atoms with Crippen molar-refractivity contribution < 1.29 is 13.9 Å². The van der Waals surface area contributed by atoms with E-state index in [0.717, 1.165) is 3.57 Å². The highest BCUT2D eigenvalue weighted by atomic mass is 127. The third-order valence-electron chi connectivity index (χ3n) is 1.75. The summed E-state index contributed by atoms with van der Waals surface area (Å²) in [6, 6.07) is 3.34. The molecule has 2 N–H and O–H groups in total. The second kappa shape index (κ2) is 6.24. The first kappa shape index (κ1) is 14.6. The monoisotopic (exact) mass is 345 g/mol. The molecule has 0 fully saturated rings. The molecule has 0 bridgehead atoms. The van der Waals surface area contributed by atoms with E-state index >= 15 is 0 Å². The molecule has 1 aromatic carbocycles. The zero-order valence-electron chi connectivity index (χ0n) is 7.87. The van der Waals surface area contributed by atoms with Gasteiger partial charge in [-0.3, -0.25) is 4.79 Å². The molecule has 84 valence electrons. The Balaban J connectivity index is 0.00000196. The lowest BCUT2D eigenvalue weighted by Crippen LogP contribution is -2.23. The van der Waals surface area contributed by atoms with E-state index in [0.29, 0.717) is 0 Å². The van der Waals surface area contributed by atoms with Gasteiger partial charge in [0, 0.05) is 9.13 Å². The standard InChI is InChI=1S/C9H9FINO2.ClH/c1-14-9(13)8(12)6-4-5(11)2-3-7(6)10;/h2-4,8H,12H2,1H3;1H/t8-;/m1./s1. The third kappa shape index (κ3) is 3.58. The van der Waals surface area contributed by atoms with Gasteiger partial charge in [0.15, 0.2) is 0 Å². The van der Waals surface area contributed by atoms with Gasteiger partial charge in [0.25, 0.3) is 0 Å². The normalized spacial score (nSPS) is 11.5. The van der Waals surface area contributed by atoms with Crippen LogP contribution in [0.5, 0.6) is 0 Å². The predicted octanol–water partition coefficient (Wildman–Crippen LogP) is 2.02. The highest BCUT2D eigenvalue weighted by Gasteiger charge is 2.19. The van der Waals surface area contributed by atoms with Crippen LogP contribution in [-0.2, 0) is 9.53 Å². The van der Waals surface area contributed by atoms with Crippen LogP contribution in [0, 0.1) is 9.39 Å². The first-order chi connectivity index (χ1) is 6.56. The van der Waals surface area contributed by atoms with Crippen molar-refractivity contribution in [1.29, 1.82) is 0 Å². The van der Waals surface area contributed by atoms with Gasteiger partial charge < -0.3 is 10.5 Å². The molecular formula is C9H10ClFINO2. The van der Waals surface area contributed by atoms with E-state index in [-0.39, 0.29) is 18.0 Å². The fraction of sp³-hybridized carbons (Fsp3) is 0.222. The molecule has 0 aliphatic rings. The van der Waals surface area contributed by atoms with Crippen LogP contribution in [0.15, 0.2) is 18.2 Å². The molecule has 3 nitrogen and oxygen atoms in total. The van der Waals surface area contributed by atoms with Crippen molar-refractivity contribution >= 4 is 41.0 Å². The molecule has 0 saturated heterocycles. The van der Waals surface area contributed by atoms with Gasteiger partial charge in [-0.15, -0.1) is 12.4 Å². The van der Waals surface area contributed by atoms with Crippen LogP contribution in [0.2, 0.25) is 0 Å². The van der Waals surface area contributed by atoms with Crippen molar-refractivity contribution in [3.63, 3.8) is 0 Å². The van der Waals surface area contributed by atoms with Crippen LogP contribution in [0.1, 0.15) is 11.6 Å². The number of benzene rings is 1. The number of rotatable bonds is 2. The van der Waals surface area contributed by atoms with Gasteiger partial charge in [-0.2, -0.15) is 0 Å². The Hall–Kier alpha value is -0.400. The summed E-state index contributed by atoms with van der Waals surface area (Å²) in [7, 11) is 1.22. The van der Waals surface area contributed by atoms with Gasteiger partial charge in [0.1, 0.15) is 11.9 Å². The first-order valence-corrected chi connectivity index (χ1v) is 4.92. The summed E-state index contributed by atoms with van der Waals surface area (Å²) in [4.78, 5) is 11.1. The van der Waals surface area contributed by atoms with Crippen molar-refractivity contribution in [2.24, 2.45) is 5.73 Å². The molecule has 1 rings (SSSR count). The smallest absolute Gasteiger partial charge is 0.327 e. The Morgan fingerprint density at radius 2 is 2.20 bits per heavy atom. The van der Waals surface area contributed by atoms with Gasteiger partial charge in [0.05, 0.1) is 7.11 Å². The maximum atomic E-state index is 13.2. The zero-order chi connectivity index (χ0) is 10.7. The number of methoxy groups -OCH3 is 1. The van der Waals surface area contributed by atoms with Crippen LogP contribution in [0.3, 0.4) is 0 Å². The van der Waals surface area contributed by atoms with Crippen molar-refractivity contribution in [2.75, 3.05) is 7.11 Å². The van der Waals surface area contributed by atoms with E-state index in [4.69, 9.17) is 5.73 Å². The lowest BCUT2D eigenvalue weighted by Gasteiger charge is -2.10. The van der Waals surface area contributed by atoms with E-state index in [2.05, 4.69) is 4.74 Å². The fourth-order valence-electron chi connectivity index (χ4n) is 1.01. The van der Waals surface area contributed by atoms with Gasteiger partial charge in [-0.1, -0.05) is 0 Å². The molecule has 1 aromatic rings. The first-order valence-electron chi connectivity index (χ1n) is 3.84. The number of halogens is 3. The van der Waals surface area contributed by atoms with E-state index in [9.17, 15) is 9.18 Å². The highest BCUT2D eigenvalue weighted by molar-refractivity contribution is 14.1. The number of esters is 1. The summed E-state index contributed by atoms with van der Waals surface area (Å²) in [5.74, 6) is -1.14. The topological polar surface area (TPSA) is 52.3 Å². The van der Waals surface area contributed by atoms with Crippen molar-refractivity contribution in [3.8, 4) is 0 Å². The Kier molecular flexibility index (Phi) is 6.07. The van der Waals surface area contributed by atoms with E-state index < -0.39 is 17.8 Å². The molecule has 0 aromatic heterocycles. The lowest BCUT2D eigenvalue weighted by molar-refractivity contribution is -0.142. The third-order valence-corrected chi connectivity index (χ3v) is 2.42. The van der Waals surface area contributed by atoms with E-state index in [1.54, 1.807) is 6.07 Å². The van der Waals surface area contributed by atoms with Gasteiger partial charge >= 0.3 is 5.97 Å². The maximum absolute atomic E-state index is 13.2. The summed E-state index contributed by atoms with van der Waals surface area (Å²) in [6.07, 6.45) is 0. The average Bonchev–Trinajstić information content (AvgIpc) is 2.19. The van der Waals surface area contributed by atoms with Crippen molar-refractivity contribution in [2.45, 2.75) is 6.04 Å². The number of carbonyl (C=O) groups excluding carboxylic acids is 1. The minimum atomic E-state index is -1.06. The summed E-state index contributed by atoms with van der Waals surface area (Å²) < 4.78 is 18.5. The second-order valence-electron chi connectivity index (χ2n) is 2.67. The molecule has 0 amide bonds. The number of hydrogen-bond donors (Lipinski definition) is 1. The van der Waals surface area contributed by atoms with Crippen LogP contribution in [-0.4, -0.2) is 13.1 Å². The summed E-state index contributed by atoms with van der Waals surface area (Å²) >= 11 is 2.02. The summed E-state index contributed by atoms with van der Waals surface area (Å²) in [6.45, 7) is 0. The van der Waals surface area contributed by atoms with Crippen LogP contribution in [0.4, 0.5) is 4.39 Å². The van der Waals surface area contributed by atoms with Crippen molar-refractivity contribution in [3.05, 3.63) is 33.1 Å². The molecule has 0 saturated carbocycles. The molecule has 0 heterocycles. The highest BCUT2D eigenvalue weighted by Crippen LogP contribution is 2.18. The Labute approximate surface area is 107 Å². The molecule has 6 heteroatoms. The Bertz CT molecular complexity index is 362. The minimum absolute atomic E-state index is 0. The number of hydrogen-bond acceptors (Lipinski definition) is 3. The lowest BCUT2D eigenvalue weighted by atomic mass is 10.1. The van der Waals surface area contributed by atoms with Crippen LogP contribution >= 0.6 is 35.0 Å². The molecule has 15 heavy (non-hydrogen) atoms. The quantitative estimate of drug-likeness (QED) is 0.659. The number of nitrogens with two attached hydrogens (primary N) is 1. The van der Waals surface area contributed by atoms with Crippen LogP contribution in [0.25, 0.3) is 0 Å². The molecule has 1 atom stereocenters. The van der Waals surface area contributed by atoms with Crippen molar-refractivity contribution in [1.82, 2.24) is 0 Å². The molecule has 0 spiro atoms. The number of ether oxygens (including phenoxy) is 1. The van der Waals surface area contributed by atoms with Gasteiger partial charge in [-0.25, -0.2) is 4.39 Å². The van der Waals surface area contributed by atoms with Crippen LogP contribution < -0.4 is 5.73 Å². The Morgan fingerprint density at radius 1 is 1.60 bits per heavy atom. The molecule has 0 aliphatic heterocycles. The Morgan fingerprint density at radius 3 is 2.73 bits per heavy atom. The summed E-state index contributed by atoms with van der Waals surface area (Å²) in [5.41, 5.74) is 5.66. The molecular weight excluding hydrogens is 335 g/mol. The number of carbonyl (C=O) groups is 1. The maximum Gasteiger partial charge on any atom is 0.327 e. The summed E-state index contributed by atoms with van der Waals surface area (Å²) in [5, 5.41) is 0. The second-order valence-corrected chi connectivity index (χ2v) is 3.91. The predicted molar refractivity (Wildman–Crippen MR) is 65.3 cm³/mol. The van der Waals surface area contributed by atoms with Gasteiger partial charge in [0.2, 0.25) is 0 Å². The van der Waals surface area contributed by atoms with E-state index in [1.165, 1.54) is 19.2 Å². The minimum Gasteiger partial charge on any atom is -0.468 e. The molecule has 0 radical (unpaired) electrons. The SMILES string of the molecule is COC(=O)[C@H](N)c1cc(I)ccc1F.Cl. The fourth-order valence-corrected chi connectivity index (χ4v) is 1.52. The molecule has 0 unspecified atom stereocenters. The largest absolute Gasteiger partial charge is 0.468 e. The average molecular weight is 346 g/mol.